The summed E-state index contributed by atoms with van der Waals surface area (Å²) in [5, 5.41) is 9.09. The van der Waals surface area contributed by atoms with Gasteiger partial charge in [0.2, 0.25) is 5.91 Å². The number of benzene rings is 2. The first kappa shape index (κ1) is 20.8. The molecule has 0 radical (unpaired) electrons. The molecule has 2 aromatic carbocycles. The Morgan fingerprint density at radius 2 is 1.81 bits per heavy atom. The van der Waals surface area contributed by atoms with E-state index in [0.717, 1.165) is 10.4 Å². The first-order valence-corrected chi connectivity index (χ1v) is 11.8. The maximum absolute atomic E-state index is 13.3. The van der Waals surface area contributed by atoms with Crippen LogP contribution in [-0.2, 0) is 21.4 Å². The SMILES string of the molecule is CC(=O)Nc1cccc(NS(=O)(=O)c2cn(Cc3ccccc3)nc2-c2cccs2)c1. The van der Waals surface area contributed by atoms with Crippen LogP contribution in [-0.4, -0.2) is 24.1 Å². The quantitative estimate of drug-likeness (QED) is 0.434. The van der Waals surface area contributed by atoms with Gasteiger partial charge in [0, 0.05) is 18.8 Å². The van der Waals surface area contributed by atoms with E-state index in [-0.39, 0.29) is 10.8 Å². The highest BCUT2D eigenvalue weighted by atomic mass is 32.2. The van der Waals surface area contributed by atoms with Crippen molar-refractivity contribution in [3.05, 3.63) is 83.9 Å². The molecular formula is C22H20N4O3S2. The Kier molecular flexibility index (Phi) is 5.88. The Morgan fingerprint density at radius 3 is 2.52 bits per heavy atom. The number of carbonyl (C=O) groups excluding carboxylic acids is 1. The second-order valence-electron chi connectivity index (χ2n) is 6.87. The second kappa shape index (κ2) is 8.75. The number of hydrogen-bond acceptors (Lipinski definition) is 5. The topological polar surface area (TPSA) is 93.1 Å². The van der Waals surface area contributed by atoms with Crippen LogP contribution in [0.25, 0.3) is 10.6 Å². The van der Waals surface area contributed by atoms with Crippen LogP contribution in [0.1, 0.15) is 12.5 Å². The van der Waals surface area contributed by atoms with E-state index in [1.807, 2.05) is 47.8 Å². The fourth-order valence-corrected chi connectivity index (χ4v) is 5.11. The molecule has 0 saturated heterocycles. The zero-order chi connectivity index (χ0) is 21.8. The molecule has 0 saturated carbocycles. The zero-order valence-corrected chi connectivity index (χ0v) is 18.3. The summed E-state index contributed by atoms with van der Waals surface area (Å²) >= 11 is 1.43. The summed E-state index contributed by atoms with van der Waals surface area (Å²) in [4.78, 5) is 12.2. The number of carbonyl (C=O) groups is 1. The molecule has 0 aliphatic rings. The lowest BCUT2D eigenvalue weighted by atomic mass is 10.2. The lowest BCUT2D eigenvalue weighted by Gasteiger charge is -2.09. The van der Waals surface area contributed by atoms with E-state index in [1.54, 1.807) is 35.1 Å². The Hall–Kier alpha value is -3.43. The van der Waals surface area contributed by atoms with Gasteiger partial charge in [0.25, 0.3) is 10.0 Å². The van der Waals surface area contributed by atoms with Crippen molar-refractivity contribution in [1.82, 2.24) is 9.78 Å². The third-order valence-corrected chi connectivity index (χ3v) is 6.65. The van der Waals surface area contributed by atoms with Crippen LogP contribution in [0, 0.1) is 0 Å². The van der Waals surface area contributed by atoms with Gasteiger partial charge >= 0.3 is 0 Å². The van der Waals surface area contributed by atoms with Gasteiger partial charge in [-0.05, 0) is 35.2 Å². The van der Waals surface area contributed by atoms with Crippen molar-refractivity contribution in [3.63, 3.8) is 0 Å². The Balaban J connectivity index is 1.69. The Morgan fingerprint density at radius 1 is 1.03 bits per heavy atom. The van der Waals surface area contributed by atoms with Gasteiger partial charge in [-0.1, -0.05) is 42.5 Å². The van der Waals surface area contributed by atoms with Crippen molar-refractivity contribution in [3.8, 4) is 10.6 Å². The van der Waals surface area contributed by atoms with Crippen LogP contribution < -0.4 is 10.0 Å². The molecular weight excluding hydrogens is 432 g/mol. The summed E-state index contributed by atoms with van der Waals surface area (Å²) < 4.78 is 30.8. The van der Waals surface area contributed by atoms with E-state index in [1.165, 1.54) is 18.3 Å². The van der Waals surface area contributed by atoms with Crippen LogP contribution >= 0.6 is 11.3 Å². The molecule has 0 aliphatic heterocycles. The maximum atomic E-state index is 13.3. The molecule has 0 spiro atoms. The number of aromatic nitrogens is 2. The molecule has 0 atom stereocenters. The maximum Gasteiger partial charge on any atom is 0.265 e. The minimum atomic E-state index is -3.93. The molecule has 4 rings (SSSR count). The molecule has 2 aromatic heterocycles. The van der Waals surface area contributed by atoms with Crippen molar-refractivity contribution in [2.45, 2.75) is 18.4 Å². The molecule has 31 heavy (non-hydrogen) atoms. The smallest absolute Gasteiger partial charge is 0.265 e. The molecule has 9 heteroatoms. The van der Waals surface area contributed by atoms with E-state index in [0.29, 0.717) is 23.6 Å². The van der Waals surface area contributed by atoms with Gasteiger partial charge in [0.15, 0.2) is 0 Å². The Labute approximate surface area is 184 Å². The zero-order valence-electron chi connectivity index (χ0n) is 16.6. The summed E-state index contributed by atoms with van der Waals surface area (Å²) in [6.07, 6.45) is 1.54. The first-order chi connectivity index (χ1) is 14.9. The first-order valence-electron chi connectivity index (χ1n) is 9.46. The third-order valence-electron chi connectivity index (χ3n) is 4.39. The van der Waals surface area contributed by atoms with Crippen molar-refractivity contribution >= 4 is 38.6 Å². The van der Waals surface area contributed by atoms with Crippen LogP contribution in [0.3, 0.4) is 0 Å². The van der Waals surface area contributed by atoms with E-state index in [9.17, 15) is 13.2 Å². The van der Waals surface area contributed by atoms with Crippen LogP contribution in [0.5, 0.6) is 0 Å². The molecule has 0 aliphatic carbocycles. The van der Waals surface area contributed by atoms with E-state index < -0.39 is 10.0 Å². The fraction of sp³-hybridized carbons (Fsp3) is 0.0909. The van der Waals surface area contributed by atoms with Crippen LogP contribution in [0.2, 0.25) is 0 Å². The molecule has 0 unspecified atom stereocenters. The summed E-state index contributed by atoms with van der Waals surface area (Å²) in [6, 6.07) is 20.0. The van der Waals surface area contributed by atoms with Crippen molar-refractivity contribution in [2.24, 2.45) is 0 Å². The van der Waals surface area contributed by atoms with Gasteiger partial charge in [-0.15, -0.1) is 11.3 Å². The number of thiophene rings is 1. The molecule has 2 N–H and O–H groups in total. The fourth-order valence-electron chi connectivity index (χ4n) is 3.11. The van der Waals surface area contributed by atoms with E-state index in [4.69, 9.17) is 0 Å². The minimum Gasteiger partial charge on any atom is -0.326 e. The number of anilines is 2. The molecule has 158 valence electrons. The predicted molar refractivity (Wildman–Crippen MR) is 123 cm³/mol. The number of nitrogens with one attached hydrogen (secondary N) is 2. The van der Waals surface area contributed by atoms with Crippen molar-refractivity contribution in [2.75, 3.05) is 10.0 Å². The van der Waals surface area contributed by atoms with Crippen LogP contribution in [0.15, 0.2) is 83.2 Å². The largest absolute Gasteiger partial charge is 0.326 e. The summed E-state index contributed by atoms with van der Waals surface area (Å²) in [7, 11) is -3.93. The molecule has 0 fully saturated rings. The second-order valence-corrected chi connectivity index (χ2v) is 9.47. The summed E-state index contributed by atoms with van der Waals surface area (Å²) in [5.41, 5.74) is 2.27. The summed E-state index contributed by atoms with van der Waals surface area (Å²) in [5.74, 6) is -0.234. The number of amides is 1. The number of rotatable bonds is 7. The van der Waals surface area contributed by atoms with Gasteiger partial charge < -0.3 is 5.32 Å². The number of hydrogen-bond donors (Lipinski definition) is 2. The summed E-state index contributed by atoms with van der Waals surface area (Å²) in [6.45, 7) is 1.85. The average molecular weight is 453 g/mol. The number of nitrogens with zero attached hydrogens (tertiary/aromatic N) is 2. The van der Waals surface area contributed by atoms with Gasteiger partial charge in [-0.3, -0.25) is 14.2 Å². The molecule has 1 amide bonds. The lowest BCUT2D eigenvalue weighted by molar-refractivity contribution is -0.114. The standard InChI is InChI=1S/C22H20N4O3S2/c1-16(27)23-18-9-5-10-19(13-18)25-31(28,29)21-15-26(14-17-7-3-2-4-8-17)24-22(21)20-11-6-12-30-20/h2-13,15,25H,14H2,1H3,(H,23,27). The van der Waals surface area contributed by atoms with Gasteiger partial charge in [0.05, 0.1) is 17.1 Å². The van der Waals surface area contributed by atoms with E-state index in [2.05, 4.69) is 15.1 Å². The van der Waals surface area contributed by atoms with Crippen molar-refractivity contribution in [1.29, 1.82) is 0 Å². The highest BCUT2D eigenvalue weighted by Crippen LogP contribution is 2.31. The average Bonchev–Trinajstić information content (AvgIpc) is 3.38. The molecule has 4 aromatic rings. The predicted octanol–water partition coefficient (Wildman–Crippen LogP) is 4.42. The molecule has 2 heterocycles. The third kappa shape index (κ3) is 5.01. The van der Waals surface area contributed by atoms with Crippen molar-refractivity contribution < 1.29 is 13.2 Å². The number of sulfonamides is 1. The van der Waals surface area contributed by atoms with Gasteiger partial charge in [-0.25, -0.2) is 8.42 Å². The van der Waals surface area contributed by atoms with Gasteiger partial charge in [0.1, 0.15) is 10.6 Å². The highest BCUT2D eigenvalue weighted by molar-refractivity contribution is 7.92. The Bertz CT molecular complexity index is 1300. The molecule has 0 bridgehead atoms. The lowest BCUT2D eigenvalue weighted by Crippen LogP contribution is -2.14. The normalized spacial score (nSPS) is 11.3. The highest BCUT2D eigenvalue weighted by Gasteiger charge is 2.24. The monoisotopic (exact) mass is 452 g/mol. The van der Waals surface area contributed by atoms with Crippen LogP contribution in [0.4, 0.5) is 11.4 Å². The van der Waals surface area contributed by atoms with Gasteiger partial charge in [-0.2, -0.15) is 5.10 Å². The molecule has 7 nitrogen and oxygen atoms in total. The van der Waals surface area contributed by atoms with E-state index >= 15 is 0 Å². The minimum absolute atomic E-state index is 0.0933.